The molecule has 0 atom stereocenters. The Bertz CT molecular complexity index is 1440. The Kier molecular flexibility index (Phi) is 6.19. The van der Waals surface area contributed by atoms with Crippen molar-refractivity contribution in [2.75, 3.05) is 26.2 Å². The van der Waals surface area contributed by atoms with Gasteiger partial charge in [-0.1, -0.05) is 24.3 Å². The Labute approximate surface area is 195 Å². The summed E-state index contributed by atoms with van der Waals surface area (Å²) in [6.45, 7) is 3.88. The van der Waals surface area contributed by atoms with E-state index in [0.29, 0.717) is 10.8 Å². The van der Waals surface area contributed by atoms with E-state index in [9.17, 15) is 28.1 Å². The van der Waals surface area contributed by atoms with E-state index in [0.717, 1.165) is 6.07 Å². The van der Waals surface area contributed by atoms with Gasteiger partial charge in [0.15, 0.2) is 5.69 Å². The number of aromatic nitrogens is 2. The van der Waals surface area contributed by atoms with Crippen LogP contribution in [-0.2, 0) is 10.0 Å². The molecule has 0 saturated carbocycles. The topological polar surface area (TPSA) is 136 Å². The fraction of sp³-hybridized carbons (Fsp3) is 0.318. The van der Waals surface area contributed by atoms with Crippen molar-refractivity contribution in [3.63, 3.8) is 0 Å². The van der Waals surface area contributed by atoms with Crippen LogP contribution >= 0.6 is 0 Å². The van der Waals surface area contributed by atoms with Gasteiger partial charge >= 0.3 is 0 Å². The van der Waals surface area contributed by atoms with Crippen molar-refractivity contribution in [2.45, 2.75) is 24.8 Å². The second kappa shape index (κ2) is 8.95. The molecule has 12 heteroatoms. The van der Waals surface area contributed by atoms with Crippen LogP contribution in [0.4, 0.5) is 5.69 Å². The highest BCUT2D eigenvalue weighted by Crippen LogP contribution is 2.23. The van der Waals surface area contributed by atoms with Gasteiger partial charge in [-0.2, -0.15) is 9.40 Å². The normalized spacial score (nSPS) is 15.1. The van der Waals surface area contributed by atoms with E-state index in [-0.39, 0.29) is 54.1 Å². The van der Waals surface area contributed by atoms with Gasteiger partial charge in [0.1, 0.15) is 0 Å². The molecule has 11 nitrogen and oxygen atoms in total. The summed E-state index contributed by atoms with van der Waals surface area (Å²) in [5, 5.41) is 16.2. The van der Waals surface area contributed by atoms with E-state index in [1.807, 2.05) is 0 Å². The van der Waals surface area contributed by atoms with Crippen molar-refractivity contribution in [1.82, 2.24) is 19.0 Å². The lowest BCUT2D eigenvalue weighted by Gasteiger charge is -2.34. The maximum atomic E-state index is 13.4. The number of sulfonamides is 1. The smallest absolute Gasteiger partial charge is 0.275 e. The van der Waals surface area contributed by atoms with Crippen molar-refractivity contribution in [1.29, 1.82) is 0 Å². The van der Waals surface area contributed by atoms with Gasteiger partial charge in [-0.3, -0.25) is 19.7 Å². The SMILES string of the molecule is CC(C)n1nc(C(=O)N2CCN(S(=O)(=O)c3cccc([N+](=O)[O-])c3)CC2)c2ccccc2c1=O. The molecular weight excluding hydrogens is 462 g/mol. The highest BCUT2D eigenvalue weighted by molar-refractivity contribution is 7.89. The van der Waals surface area contributed by atoms with E-state index in [1.54, 1.807) is 38.1 Å². The van der Waals surface area contributed by atoms with Crippen LogP contribution in [0.5, 0.6) is 0 Å². The first kappa shape index (κ1) is 23.5. The highest BCUT2D eigenvalue weighted by atomic mass is 32.2. The van der Waals surface area contributed by atoms with Gasteiger partial charge in [-0.25, -0.2) is 13.1 Å². The molecule has 1 saturated heterocycles. The second-order valence-corrected chi connectivity index (χ2v) is 10.1. The Morgan fingerprint density at radius 1 is 1.03 bits per heavy atom. The van der Waals surface area contributed by atoms with Gasteiger partial charge in [0.05, 0.1) is 21.2 Å². The molecule has 0 unspecified atom stereocenters. The fourth-order valence-corrected chi connectivity index (χ4v) is 5.36. The van der Waals surface area contributed by atoms with Gasteiger partial charge in [0, 0.05) is 43.7 Å². The zero-order valence-corrected chi connectivity index (χ0v) is 19.4. The number of hydrogen-bond donors (Lipinski definition) is 0. The first-order valence-electron chi connectivity index (χ1n) is 10.7. The monoisotopic (exact) mass is 485 g/mol. The number of carbonyl (C=O) groups excluding carboxylic acids is 1. The van der Waals surface area contributed by atoms with Crippen molar-refractivity contribution in [3.8, 4) is 0 Å². The van der Waals surface area contributed by atoms with Crippen molar-refractivity contribution in [2.24, 2.45) is 0 Å². The molecule has 0 radical (unpaired) electrons. The average Bonchev–Trinajstić information content (AvgIpc) is 2.84. The number of hydrogen-bond acceptors (Lipinski definition) is 7. The van der Waals surface area contributed by atoms with Crippen LogP contribution in [0.15, 0.2) is 58.2 Å². The maximum Gasteiger partial charge on any atom is 0.275 e. The van der Waals surface area contributed by atoms with Gasteiger partial charge in [-0.15, -0.1) is 0 Å². The van der Waals surface area contributed by atoms with Gasteiger partial charge in [0.2, 0.25) is 10.0 Å². The third kappa shape index (κ3) is 4.17. The van der Waals surface area contributed by atoms with Crippen LogP contribution in [-0.4, -0.2) is 64.4 Å². The molecule has 1 fully saturated rings. The number of nitro groups is 1. The Hall–Kier alpha value is -3.64. The minimum Gasteiger partial charge on any atom is -0.335 e. The standard InChI is InChI=1S/C22H23N5O6S/c1-15(2)26-21(28)19-9-4-3-8-18(19)20(23-26)22(29)24-10-12-25(13-11-24)34(32,33)17-7-5-6-16(14-17)27(30)31/h3-9,14-15H,10-13H2,1-2H3. The molecule has 34 heavy (non-hydrogen) atoms. The number of carbonyl (C=O) groups is 1. The number of nitro benzene ring substituents is 1. The lowest BCUT2D eigenvalue weighted by atomic mass is 10.1. The summed E-state index contributed by atoms with van der Waals surface area (Å²) in [7, 11) is -3.96. The molecule has 0 bridgehead atoms. The lowest BCUT2D eigenvalue weighted by Crippen LogP contribution is -2.50. The Morgan fingerprint density at radius 3 is 2.29 bits per heavy atom. The minimum atomic E-state index is -3.96. The molecule has 0 N–H and O–H groups in total. The third-order valence-electron chi connectivity index (χ3n) is 5.71. The number of piperazine rings is 1. The van der Waals surface area contributed by atoms with Crippen LogP contribution in [0, 0.1) is 10.1 Å². The number of rotatable bonds is 5. The molecular formula is C22H23N5O6S. The van der Waals surface area contributed by atoms with E-state index < -0.39 is 20.9 Å². The number of non-ortho nitro benzene ring substituents is 1. The van der Waals surface area contributed by atoms with E-state index in [4.69, 9.17) is 0 Å². The molecule has 178 valence electrons. The van der Waals surface area contributed by atoms with Crippen LogP contribution in [0.2, 0.25) is 0 Å². The predicted molar refractivity (Wildman–Crippen MR) is 124 cm³/mol. The molecule has 3 aromatic rings. The molecule has 0 spiro atoms. The molecule has 0 aliphatic carbocycles. The van der Waals surface area contributed by atoms with Gasteiger partial charge < -0.3 is 4.90 Å². The lowest BCUT2D eigenvalue weighted by molar-refractivity contribution is -0.385. The van der Waals surface area contributed by atoms with Crippen molar-refractivity contribution in [3.05, 3.63) is 74.7 Å². The van der Waals surface area contributed by atoms with E-state index in [2.05, 4.69) is 5.10 Å². The maximum absolute atomic E-state index is 13.4. The summed E-state index contributed by atoms with van der Waals surface area (Å²) < 4.78 is 28.5. The quantitative estimate of drug-likeness (QED) is 0.398. The number of fused-ring (bicyclic) bond motifs is 1. The van der Waals surface area contributed by atoms with E-state index in [1.165, 1.54) is 32.1 Å². The molecule has 1 amide bonds. The Morgan fingerprint density at radius 2 is 1.68 bits per heavy atom. The number of nitrogens with zero attached hydrogens (tertiary/aromatic N) is 5. The Balaban J connectivity index is 1.59. The largest absolute Gasteiger partial charge is 0.335 e. The molecule has 2 aromatic carbocycles. The van der Waals surface area contributed by atoms with Crippen LogP contribution in [0.25, 0.3) is 10.8 Å². The summed E-state index contributed by atoms with van der Waals surface area (Å²) in [5.41, 5.74) is -0.456. The predicted octanol–water partition coefficient (Wildman–Crippen LogP) is 2.03. The molecule has 1 aliphatic rings. The molecule has 2 heterocycles. The average molecular weight is 486 g/mol. The van der Waals surface area contributed by atoms with E-state index >= 15 is 0 Å². The highest BCUT2D eigenvalue weighted by Gasteiger charge is 2.32. The summed E-state index contributed by atoms with van der Waals surface area (Å²) in [5.74, 6) is -0.391. The number of amides is 1. The minimum absolute atomic E-state index is 0.0263. The summed E-state index contributed by atoms with van der Waals surface area (Å²) in [6.07, 6.45) is 0. The zero-order chi connectivity index (χ0) is 24.6. The van der Waals surface area contributed by atoms with Gasteiger partial charge in [-0.05, 0) is 26.0 Å². The first-order valence-corrected chi connectivity index (χ1v) is 12.1. The molecule has 4 rings (SSSR count). The van der Waals surface area contributed by atoms with Crippen LogP contribution in [0.3, 0.4) is 0 Å². The summed E-state index contributed by atoms with van der Waals surface area (Å²) in [4.78, 5) is 37.8. The van der Waals surface area contributed by atoms with Crippen molar-refractivity contribution < 1.29 is 18.1 Å². The van der Waals surface area contributed by atoms with Crippen LogP contribution in [0.1, 0.15) is 30.4 Å². The zero-order valence-electron chi connectivity index (χ0n) is 18.6. The fourth-order valence-electron chi connectivity index (χ4n) is 3.90. The van der Waals surface area contributed by atoms with Gasteiger partial charge in [0.25, 0.3) is 17.2 Å². The molecule has 1 aliphatic heterocycles. The third-order valence-corrected chi connectivity index (χ3v) is 7.61. The second-order valence-electron chi connectivity index (χ2n) is 8.19. The summed E-state index contributed by atoms with van der Waals surface area (Å²) >= 11 is 0. The van der Waals surface area contributed by atoms with Crippen LogP contribution < -0.4 is 5.56 Å². The van der Waals surface area contributed by atoms with Crippen molar-refractivity contribution >= 4 is 32.4 Å². The first-order chi connectivity index (χ1) is 16.1. The molecule has 1 aromatic heterocycles. The number of benzene rings is 2. The summed E-state index contributed by atoms with van der Waals surface area (Å²) in [6, 6.07) is 11.4.